The van der Waals surface area contributed by atoms with E-state index >= 15 is 0 Å². The molecule has 1 aromatic carbocycles. The topological polar surface area (TPSA) is 70.7 Å². The molecule has 0 aliphatic carbocycles. The van der Waals surface area contributed by atoms with Gasteiger partial charge in [0.2, 0.25) is 5.91 Å². The molecule has 2 N–H and O–H groups in total. The summed E-state index contributed by atoms with van der Waals surface area (Å²) in [5, 5.41) is 5.69. The number of hydrogen-bond acceptors (Lipinski definition) is 4. The molecule has 1 aromatic rings. The van der Waals surface area contributed by atoms with Crippen LogP contribution in [0.15, 0.2) is 18.2 Å². The van der Waals surface area contributed by atoms with Crippen molar-refractivity contribution in [2.24, 2.45) is 5.92 Å². The first-order valence-electron chi connectivity index (χ1n) is 9.59. The van der Waals surface area contributed by atoms with E-state index < -0.39 is 24.1 Å². The second kappa shape index (κ2) is 9.96. The Labute approximate surface area is 168 Å². The van der Waals surface area contributed by atoms with E-state index in [9.17, 15) is 22.8 Å². The predicted octanol–water partition coefficient (Wildman–Crippen LogP) is 2.78. The van der Waals surface area contributed by atoms with Crippen LogP contribution in [-0.2, 0) is 4.79 Å². The SMILES string of the molecule is CC(C)(C)NC(=O)CN1CCC(CNC(=O)c2ccc(F)c(OC(F)F)c2)CC1. The third-order valence-electron chi connectivity index (χ3n) is 4.55. The fraction of sp³-hybridized carbons (Fsp3) is 0.600. The number of likely N-dealkylation sites (tertiary alicyclic amines) is 1. The van der Waals surface area contributed by atoms with E-state index in [1.165, 1.54) is 6.07 Å². The van der Waals surface area contributed by atoms with Crippen LogP contribution >= 0.6 is 0 Å². The molecule has 29 heavy (non-hydrogen) atoms. The van der Waals surface area contributed by atoms with Gasteiger partial charge in [0.1, 0.15) is 0 Å². The Morgan fingerprint density at radius 3 is 2.48 bits per heavy atom. The minimum absolute atomic E-state index is 0.0117. The van der Waals surface area contributed by atoms with Crippen LogP contribution in [0.25, 0.3) is 0 Å². The number of halogens is 3. The molecule has 9 heteroatoms. The number of amides is 2. The van der Waals surface area contributed by atoms with Crippen LogP contribution in [0.4, 0.5) is 13.2 Å². The molecule has 2 rings (SSSR count). The maximum Gasteiger partial charge on any atom is 0.387 e. The zero-order valence-electron chi connectivity index (χ0n) is 16.9. The lowest BCUT2D eigenvalue weighted by Gasteiger charge is -2.32. The van der Waals surface area contributed by atoms with Crippen molar-refractivity contribution in [3.05, 3.63) is 29.6 Å². The average Bonchev–Trinajstić information content (AvgIpc) is 2.60. The normalized spacial score (nSPS) is 16.0. The molecule has 1 saturated heterocycles. The number of nitrogens with zero attached hydrogens (tertiary/aromatic N) is 1. The molecule has 0 atom stereocenters. The van der Waals surface area contributed by atoms with E-state index in [2.05, 4.69) is 20.3 Å². The van der Waals surface area contributed by atoms with Crippen LogP contribution in [0.2, 0.25) is 0 Å². The largest absolute Gasteiger partial charge is 0.432 e. The third-order valence-corrected chi connectivity index (χ3v) is 4.55. The standard InChI is InChI=1S/C20H28F3N3O3/c1-20(2,3)25-17(27)12-26-8-6-13(7-9-26)11-24-18(28)14-4-5-15(21)16(10-14)29-19(22)23/h4-5,10,13,19H,6-9,11-12H2,1-3H3,(H,24,28)(H,25,27). The van der Waals surface area contributed by atoms with Crippen molar-refractivity contribution in [3.63, 3.8) is 0 Å². The molecular formula is C20H28F3N3O3. The summed E-state index contributed by atoms with van der Waals surface area (Å²) in [6, 6.07) is 3.11. The molecule has 1 fully saturated rings. The van der Waals surface area contributed by atoms with Crippen LogP contribution in [-0.4, -0.2) is 55.0 Å². The molecule has 162 valence electrons. The van der Waals surface area contributed by atoms with Gasteiger partial charge in [-0.15, -0.1) is 0 Å². The van der Waals surface area contributed by atoms with Gasteiger partial charge in [0.25, 0.3) is 5.91 Å². The Balaban J connectivity index is 1.77. The summed E-state index contributed by atoms with van der Waals surface area (Å²) in [5.41, 5.74) is -0.210. The number of carbonyl (C=O) groups is 2. The summed E-state index contributed by atoms with van der Waals surface area (Å²) in [4.78, 5) is 26.3. The van der Waals surface area contributed by atoms with Crippen molar-refractivity contribution in [3.8, 4) is 5.75 Å². The summed E-state index contributed by atoms with van der Waals surface area (Å²) in [5.74, 6) is -1.85. The van der Waals surface area contributed by atoms with Gasteiger partial charge in [-0.05, 0) is 70.8 Å². The molecular weight excluding hydrogens is 387 g/mol. The molecule has 0 spiro atoms. The van der Waals surface area contributed by atoms with E-state index in [-0.39, 0.29) is 22.9 Å². The van der Waals surface area contributed by atoms with Crippen molar-refractivity contribution in [2.45, 2.75) is 45.8 Å². The molecule has 0 bridgehead atoms. The quantitative estimate of drug-likeness (QED) is 0.719. The second-order valence-corrected chi connectivity index (χ2v) is 8.25. The molecule has 1 heterocycles. The number of hydrogen-bond donors (Lipinski definition) is 2. The highest BCUT2D eigenvalue weighted by atomic mass is 19.3. The second-order valence-electron chi connectivity index (χ2n) is 8.25. The van der Waals surface area contributed by atoms with Gasteiger partial charge in [0, 0.05) is 17.6 Å². The first kappa shape index (κ1) is 23.0. The Bertz CT molecular complexity index is 715. The minimum Gasteiger partial charge on any atom is -0.432 e. The van der Waals surface area contributed by atoms with E-state index in [1.54, 1.807) is 0 Å². The van der Waals surface area contributed by atoms with Crippen LogP contribution in [0.3, 0.4) is 0 Å². The van der Waals surface area contributed by atoms with Gasteiger partial charge in [-0.1, -0.05) is 0 Å². The van der Waals surface area contributed by atoms with Crippen molar-refractivity contribution in [1.82, 2.24) is 15.5 Å². The van der Waals surface area contributed by atoms with Crippen LogP contribution in [0.1, 0.15) is 44.0 Å². The Hall–Kier alpha value is -2.29. The molecule has 0 saturated carbocycles. The zero-order valence-corrected chi connectivity index (χ0v) is 16.9. The Morgan fingerprint density at radius 2 is 1.90 bits per heavy atom. The lowest BCUT2D eigenvalue weighted by Crippen LogP contribution is -2.48. The highest BCUT2D eigenvalue weighted by Gasteiger charge is 2.23. The third kappa shape index (κ3) is 7.92. The maximum atomic E-state index is 13.5. The number of benzene rings is 1. The number of nitrogens with one attached hydrogen (secondary N) is 2. The van der Waals surface area contributed by atoms with Gasteiger partial charge in [0.05, 0.1) is 6.54 Å². The molecule has 1 aliphatic heterocycles. The van der Waals surface area contributed by atoms with E-state index in [1.807, 2.05) is 20.8 Å². The van der Waals surface area contributed by atoms with E-state index in [0.29, 0.717) is 13.1 Å². The first-order valence-corrected chi connectivity index (χ1v) is 9.59. The van der Waals surface area contributed by atoms with Crippen LogP contribution < -0.4 is 15.4 Å². The lowest BCUT2D eigenvalue weighted by atomic mass is 9.96. The summed E-state index contributed by atoms with van der Waals surface area (Å²) < 4.78 is 42.1. The Morgan fingerprint density at radius 1 is 1.24 bits per heavy atom. The zero-order chi connectivity index (χ0) is 21.6. The molecule has 1 aliphatic rings. The average molecular weight is 415 g/mol. The number of piperidine rings is 1. The number of alkyl halides is 2. The maximum absolute atomic E-state index is 13.5. The summed E-state index contributed by atoms with van der Waals surface area (Å²) in [6.45, 7) is 4.90. The van der Waals surface area contributed by atoms with Gasteiger partial charge in [0.15, 0.2) is 11.6 Å². The van der Waals surface area contributed by atoms with Gasteiger partial charge < -0.3 is 15.4 Å². The Kier molecular flexibility index (Phi) is 7.89. The molecule has 2 amide bonds. The van der Waals surface area contributed by atoms with Crippen molar-refractivity contribution < 1.29 is 27.5 Å². The van der Waals surface area contributed by atoms with Crippen molar-refractivity contribution in [2.75, 3.05) is 26.2 Å². The number of carbonyl (C=O) groups excluding carboxylic acids is 2. The van der Waals surface area contributed by atoms with Crippen molar-refractivity contribution in [1.29, 1.82) is 0 Å². The van der Waals surface area contributed by atoms with Crippen molar-refractivity contribution >= 4 is 11.8 Å². The van der Waals surface area contributed by atoms with E-state index in [0.717, 1.165) is 38.1 Å². The molecule has 6 nitrogen and oxygen atoms in total. The smallest absolute Gasteiger partial charge is 0.387 e. The molecule has 0 aromatic heterocycles. The number of ether oxygens (including phenoxy) is 1. The summed E-state index contributed by atoms with van der Waals surface area (Å²) in [6.07, 6.45) is 1.65. The summed E-state index contributed by atoms with van der Waals surface area (Å²) in [7, 11) is 0. The molecule has 0 unspecified atom stereocenters. The summed E-state index contributed by atoms with van der Waals surface area (Å²) >= 11 is 0. The van der Waals surface area contributed by atoms with Crippen LogP contribution in [0.5, 0.6) is 5.75 Å². The van der Waals surface area contributed by atoms with Gasteiger partial charge in [-0.3, -0.25) is 14.5 Å². The monoisotopic (exact) mass is 415 g/mol. The lowest BCUT2D eigenvalue weighted by molar-refractivity contribution is -0.124. The fourth-order valence-electron chi connectivity index (χ4n) is 3.18. The highest BCUT2D eigenvalue weighted by molar-refractivity contribution is 5.94. The minimum atomic E-state index is -3.17. The predicted molar refractivity (Wildman–Crippen MR) is 102 cm³/mol. The van der Waals surface area contributed by atoms with Crippen LogP contribution in [0, 0.1) is 11.7 Å². The number of rotatable bonds is 7. The van der Waals surface area contributed by atoms with E-state index in [4.69, 9.17) is 0 Å². The van der Waals surface area contributed by atoms with Gasteiger partial charge >= 0.3 is 6.61 Å². The fourth-order valence-corrected chi connectivity index (χ4v) is 3.18. The highest BCUT2D eigenvalue weighted by Crippen LogP contribution is 2.21. The molecule has 0 radical (unpaired) electrons. The first-order chi connectivity index (χ1) is 13.5. The van der Waals surface area contributed by atoms with Gasteiger partial charge in [-0.2, -0.15) is 8.78 Å². The van der Waals surface area contributed by atoms with Gasteiger partial charge in [-0.25, -0.2) is 4.39 Å².